The molecule has 1 aromatic carbocycles. The molecule has 1 saturated heterocycles. The largest absolute Gasteiger partial charge is 0.505 e. The number of aromatic nitrogens is 2. The van der Waals surface area contributed by atoms with Crippen LogP contribution in [0.15, 0.2) is 18.2 Å². The lowest BCUT2D eigenvalue weighted by Gasteiger charge is -2.39. The first kappa shape index (κ1) is 25.7. The summed E-state index contributed by atoms with van der Waals surface area (Å²) in [6.45, 7) is 4.99. The number of ether oxygens (including phenoxy) is 4. The predicted octanol–water partition coefficient (Wildman–Crippen LogP) is 1.39. The second kappa shape index (κ2) is 10.6. The van der Waals surface area contributed by atoms with Gasteiger partial charge in [-0.15, -0.1) is 5.10 Å². The molecule has 188 valence electrons. The van der Waals surface area contributed by atoms with Crippen LogP contribution in [0.3, 0.4) is 0 Å². The molecule has 11 nitrogen and oxygen atoms in total. The van der Waals surface area contributed by atoms with Crippen molar-refractivity contribution in [1.82, 2.24) is 9.78 Å². The zero-order valence-electron chi connectivity index (χ0n) is 19.2. The molecule has 0 aliphatic carbocycles. The van der Waals surface area contributed by atoms with Crippen LogP contribution in [-0.4, -0.2) is 80.8 Å². The molecule has 1 aliphatic heterocycles. The van der Waals surface area contributed by atoms with Crippen LogP contribution in [0.1, 0.15) is 36.7 Å². The van der Waals surface area contributed by atoms with Crippen LogP contribution in [-0.2, 0) is 15.9 Å². The van der Waals surface area contributed by atoms with Crippen molar-refractivity contribution in [2.24, 2.45) is 0 Å². The monoisotopic (exact) mass is 484 g/mol. The number of hydrogen-bond acceptors (Lipinski definition) is 9. The van der Waals surface area contributed by atoms with E-state index in [1.807, 2.05) is 13.8 Å². The minimum absolute atomic E-state index is 0.0342. The highest BCUT2D eigenvalue weighted by Crippen LogP contribution is 2.31. The molecule has 1 aliphatic rings. The summed E-state index contributed by atoms with van der Waals surface area (Å²) in [5.41, 5.74) is 1.56. The maximum atomic E-state index is 14.6. The number of aliphatic hydroxyl groups excluding tert-OH is 3. The third kappa shape index (κ3) is 5.41. The van der Waals surface area contributed by atoms with Crippen molar-refractivity contribution in [3.8, 4) is 11.6 Å². The van der Waals surface area contributed by atoms with E-state index in [1.54, 1.807) is 23.7 Å². The molecule has 0 amide bonds. The standard InChI is InChI=1S/C22H29FN2O9/c1-10(2)25-11(3)14(7-12-5-6-13(31-4)8-15(12)23)20(24-25)34-21-19(28)18(27)17(26)16(33-21)9-32-22(29)30/h5-6,8,10,16-19,21,26-28H,7,9H2,1-4H3,(H,29,30)/t16-,17-,18+,19-,21+/m1/s1. The molecule has 3 rings (SSSR count). The van der Waals surface area contributed by atoms with E-state index < -0.39 is 49.3 Å². The van der Waals surface area contributed by atoms with Crippen molar-refractivity contribution < 1.29 is 48.6 Å². The van der Waals surface area contributed by atoms with Gasteiger partial charge in [0.15, 0.2) is 0 Å². The van der Waals surface area contributed by atoms with Crippen molar-refractivity contribution >= 4 is 6.16 Å². The molecular formula is C22H29FN2O9. The summed E-state index contributed by atoms with van der Waals surface area (Å²) in [5, 5.41) is 43.9. The first-order chi connectivity index (χ1) is 16.0. The van der Waals surface area contributed by atoms with E-state index in [1.165, 1.54) is 13.2 Å². The van der Waals surface area contributed by atoms with E-state index >= 15 is 0 Å². The second-order valence-corrected chi connectivity index (χ2v) is 8.25. The van der Waals surface area contributed by atoms with Gasteiger partial charge in [-0.05, 0) is 32.4 Å². The van der Waals surface area contributed by atoms with Crippen molar-refractivity contribution in [1.29, 1.82) is 0 Å². The van der Waals surface area contributed by atoms with Crippen molar-refractivity contribution in [2.45, 2.75) is 63.9 Å². The number of benzene rings is 1. The zero-order valence-corrected chi connectivity index (χ0v) is 19.2. The third-order valence-electron chi connectivity index (χ3n) is 5.62. The van der Waals surface area contributed by atoms with E-state index in [-0.39, 0.29) is 18.3 Å². The number of halogens is 1. The van der Waals surface area contributed by atoms with Gasteiger partial charge in [0, 0.05) is 29.8 Å². The van der Waals surface area contributed by atoms with Gasteiger partial charge in [0.2, 0.25) is 12.2 Å². The van der Waals surface area contributed by atoms with E-state index in [9.17, 15) is 24.5 Å². The molecule has 4 N–H and O–H groups in total. The zero-order chi connectivity index (χ0) is 25.2. The smallest absolute Gasteiger partial charge is 0.497 e. The summed E-state index contributed by atoms with van der Waals surface area (Å²) in [5.74, 6) is -0.0828. The molecule has 2 aromatic rings. The number of rotatable bonds is 8. The van der Waals surface area contributed by atoms with Gasteiger partial charge in [-0.3, -0.25) is 4.68 Å². The number of hydrogen-bond donors (Lipinski definition) is 4. The Morgan fingerprint density at radius 2 is 1.94 bits per heavy atom. The fourth-order valence-corrected chi connectivity index (χ4v) is 3.73. The van der Waals surface area contributed by atoms with Gasteiger partial charge in [0.1, 0.15) is 42.6 Å². The van der Waals surface area contributed by atoms with E-state index in [2.05, 4.69) is 9.84 Å². The summed E-state index contributed by atoms with van der Waals surface area (Å²) in [4.78, 5) is 10.7. The molecule has 0 spiro atoms. The fraction of sp³-hybridized carbons (Fsp3) is 0.545. The van der Waals surface area contributed by atoms with Crippen LogP contribution in [0.2, 0.25) is 0 Å². The maximum Gasteiger partial charge on any atom is 0.505 e. The highest BCUT2D eigenvalue weighted by Gasteiger charge is 2.46. The van der Waals surface area contributed by atoms with Gasteiger partial charge in [-0.25, -0.2) is 9.18 Å². The second-order valence-electron chi connectivity index (χ2n) is 8.25. The molecule has 12 heteroatoms. The Bertz CT molecular complexity index is 1010. The summed E-state index contributed by atoms with van der Waals surface area (Å²) in [6, 6.07) is 4.39. The molecule has 0 radical (unpaired) electrons. The Labute approximate surface area is 195 Å². The molecule has 0 saturated carbocycles. The van der Waals surface area contributed by atoms with Crippen molar-refractivity contribution in [3.05, 3.63) is 40.8 Å². The number of aliphatic hydroxyl groups is 3. The minimum Gasteiger partial charge on any atom is -0.497 e. The van der Waals surface area contributed by atoms with Crippen molar-refractivity contribution in [3.63, 3.8) is 0 Å². The maximum absolute atomic E-state index is 14.6. The van der Waals surface area contributed by atoms with Gasteiger partial charge >= 0.3 is 6.16 Å². The Morgan fingerprint density at radius 3 is 2.53 bits per heavy atom. The van der Waals surface area contributed by atoms with Crippen molar-refractivity contribution in [2.75, 3.05) is 13.7 Å². The highest BCUT2D eigenvalue weighted by molar-refractivity contribution is 5.56. The van der Waals surface area contributed by atoms with E-state index in [0.717, 1.165) is 0 Å². The minimum atomic E-state index is -1.70. The number of carbonyl (C=O) groups is 1. The lowest BCUT2D eigenvalue weighted by Crippen LogP contribution is -2.60. The normalized spacial score (nSPS) is 24.8. The Kier molecular flexibility index (Phi) is 7.97. The van der Waals surface area contributed by atoms with Gasteiger partial charge in [-0.2, -0.15) is 0 Å². The molecule has 5 atom stereocenters. The van der Waals surface area contributed by atoms with Crippen LogP contribution in [0.5, 0.6) is 11.6 Å². The van der Waals surface area contributed by atoms with Crippen LogP contribution < -0.4 is 9.47 Å². The molecule has 1 fully saturated rings. The summed E-state index contributed by atoms with van der Waals surface area (Å²) < 4.78 is 37.1. The number of methoxy groups -OCH3 is 1. The molecule has 2 heterocycles. The topological polar surface area (TPSA) is 153 Å². The van der Waals surface area contributed by atoms with Gasteiger partial charge in [0.05, 0.1) is 7.11 Å². The summed E-state index contributed by atoms with van der Waals surface area (Å²) in [7, 11) is 1.44. The molecule has 1 aromatic heterocycles. The summed E-state index contributed by atoms with van der Waals surface area (Å²) >= 11 is 0. The Balaban J connectivity index is 1.91. The molecule has 0 bridgehead atoms. The van der Waals surface area contributed by atoms with Crippen LogP contribution in [0.25, 0.3) is 0 Å². The average molecular weight is 484 g/mol. The predicted molar refractivity (Wildman–Crippen MR) is 114 cm³/mol. The number of carboxylic acid groups (broad SMARTS) is 1. The van der Waals surface area contributed by atoms with Crippen LogP contribution >= 0.6 is 0 Å². The summed E-state index contributed by atoms with van der Waals surface area (Å²) in [6.07, 6.45) is -9.28. The highest BCUT2D eigenvalue weighted by atomic mass is 19.1. The van der Waals surface area contributed by atoms with Gasteiger partial charge in [0.25, 0.3) is 0 Å². The average Bonchev–Trinajstić information content (AvgIpc) is 3.09. The Morgan fingerprint density at radius 1 is 1.24 bits per heavy atom. The molecular weight excluding hydrogens is 455 g/mol. The van der Waals surface area contributed by atoms with Gasteiger partial charge < -0.3 is 39.4 Å². The van der Waals surface area contributed by atoms with E-state index in [0.29, 0.717) is 22.6 Å². The first-order valence-electron chi connectivity index (χ1n) is 10.7. The Hall–Kier alpha value is -2.93. The van der Waals surface area contributed by atoms with Crippen LogP contribution in [0.4, 0.5) is 9.18 Å². The molecule has 34 heavy (non-hydrogen) atoms. The SMILES string of the molecule is COc1ccc(Cc2c(O[C@@H]3O[C@H](COC(=O)O)[C@@H](O)[C@H](O)[C@H]3O)nn(C(C)C)c2C)c(F)c1. The quantitative estimate of drug-likeness (QED) is 0.404. The third-order valence-corrected chi connectivity index (χ3v) is 5.62. The number of nitrogens with zero attached hydrogens (tertiary/aromatic N) is 2. The van der Waals surface area contributed by atoms with Gasteiger partial charge in [-0.1, -0.05) is 6.07 Å². The first-order valence-corrected chi connectivity index (χ1v) is 10.7. The fourth-order valence-electron chi connectivity index (χ4n) is 3.73. The lowest BCUT2D eigenvalue weighted by molar-refractivity contribution is -0.278. The van der Waals surface area contributed by atoms with Crippen LogP contribution in [0, 0.1) is 12.7 Å². The lowest BCUT2D eigenvalue weighted by atomic mass is 9.99. The molecule has 0 unspecified atom stereocenters. The van der Waals surface area contributed by atoms with E-state index in [4.69, 9.17) is 19.3 Å².